The number of ether oxygens (including phenoxy) is 1. The Morgan fingerprint density at radius 3 is 2.58 bits per heavy atom. The lowest BCUT2D eigenvalue weighted by Gasteiger charge is -2.22. The van der Waals surface area contributed by atoms with Crippen LogP contribution in [0.1, 0.15) is 41.9 Å². The number of hydrogen-bond donors (Lipinski definition) is 1. The summed E-state index contributed by atoms with van der Waals surface area (Å²) >= 11 is 0. The molecule has 24 heavy (non-hydrogen) atoms. The van der Waals surface area contributed by atoms with Crippen molar-refractivity contribution in [3.63, 3.8) is 0 Å². The summed E-state index contributed by atoms with van der Waals surface area (Å²) in [6.07, 6.45) is 3.77. The molecule has 0 aliphatic rings. The summed E-state index contributed by atoms with van der Waals surface area (Å²) in [6.45, 7) is 3.31. The van der Waals surface area contributed by atoms with E-state index in [1.54, 1.807) is 18.4 Å². The van der Waals surface area contributed by atoms with E-state index in [9.17, 15) is 4.79 Å². The second-order valence-electron chi connectivity index (χ2n) is 5.93. The molecule has 1 atom stereocenters. The van der Waals surface area contributed by atoms with Crippen LogP contribution in [0.25, 0.3) is 0 Å². The van der Waals surface area contributed by atoms with Gasteiger partial charge in [-0.25, -0.2) is 0 Å². The molecule has 0 spiro atoms. The summed E-state index contributed by atoms with van der Waals surface area (Å²) in [7, 11) is 3.92. The lowest BCUT2D eigenvalue weighted by atomic mass is 10.1. The Hall–Kier alpha value is -2.27. The Labute approximate surface area is 143 Å². The Morgan fingerprint density at radius 1 is 1.25 bits per heavy atom. The van der Waals surface area contributed by atoms with Crippen LogP contribution >= 0.6 is 0 Å². The average molecular weight is 330 g/mol. The zero-order valence-electron chi connectivity index (χ0n) is 14.6. The predicted octanol–water partition coefficient (Wildman–Crippen LogP) is 3.49. The minimum Gasteiger partial charge on any atom is -0.494 e. The Morgan fingerprint density at radius 2 is 2.00 bits per heavy atom. The van der Waals surface area contributed by atoms with Crippen molar-refractivity contribution in [1.29, 1.82) is 0 Å². The predicted molar refractivity (Wildman–Crippen MR) is 94.3 cm³/mol. The highest BCUT2D eigenvalue weighted by atomic mass is 16.5. The average Bonchev–Trinajstić information content (AvgIpc) is 3.09. The molecule has 5 heteroatoms. The highest BCUT2D eigenvalue weighted by Gasteiger charge is 2.18. The molecule has 2 aromatic rings. The van der Waals surface area contributed by atoms with Gasteiger partial charge in [0.2, 0.25) is 0 Å². The third-order valence-corrected chi connectivity index (χ3v) is 3.83. The zero-order valence-corrected chi connectivity index (χ0v) is 14.6. The quantitative estimate of drug-likeness (QED) is 0.715. The number of furan rings is 1. The maximum Gasteiger partial charge on any atom is 0.251 e. The Bertz CT molecular complexity index is 606. The normalized spacial score (nSPS) is 12.2. The molecule has 0 radical (unpaired) electrons. The van der Waals surface area contributed by atoms with Crippen molar-refractivity contribution in [2.45, 2.75) is 25.8 Å². The lowest BCUT2D eigenvalue weighted by Crippen LogP contribution is -2.34. The second-order valence-corrected chi connectivity index (χ2v) is 5.93. The minimum absolute atomic E-state index is 0.000556. The van der Waals surface area contributed by atoms with Crippen LogP contribution in [-0.4, -0.2) is 38.1 Å². The van der Waals surface area contributed by atoms with Crippen molar-refractivity contribution < 1.29 is 13.9 Å². The third kappa shape index (κ3) is 5.13. The molecule has 1 aromatic carbocycles. The van der Waals surface area contributed by atoms with Crippen LogP contribution < -0.4 is 10.1 Å². The van der Waals surface area contributed by atoms with Crippen LogP contribution in [0.3, 0.4) is 0 Å². The van der Waals surface area contributed by atoms with E-state index in [4.69, 9.17) is 9.15 Å². The highest BCUT2D eigenvalue weighted by Crippen LogP contribution is 2.18. The van der Waals surface area contributed by atoms with E-state index in [1.165, 1.54) is 0 Å². The molecule has 0 aliphatic carbocycles. The first-order valence-corrected chi connectivity index (χ1v) is 8.32. The van der Waals surface area contributed by atoms with E-state index in [0.717, 1.165) is 24.4 Å². The fraction of sp³-hybridized carbons (Fsp3) is 0.421. The number of likely N-dealkylation sites (N-methyl/N-ethyl adjacent to an activating group) is 1. The Kier molecular flexibility index (Phi) is 6.88. The van der Waals surface area contributed by atoms with E-state index in [-0.39, 0.29) is 11.9 Å². The fourth-order valence-electron chi connectivity index (χ4n) is 2.35. The molecular formula is C19H26N2O3. The van der Waals surface area contributed by atoms with Gasteiger partial charge in [0.25, 0.3) is 5.91 Å². The molecule has 0 saturated carbocycles. The first-order chi connectivity index (χ1) is 11.6. The van der Waals surface area contributed by atoms with Gasteiger partial charge in [0, 0.05) is 12.1 Å². The van der Waals surface area contributed by atoms with Gasteiger partial charge < -0.3 is 14.5 Å². The number of benzene rings is 1. The van der Waals surface area contributed by atoms with Gasteiger partial charge in [-0.3, -0.25) is 9.69 Å². The highest BCUT2D eigenvalue weighted by molar-refractivity contribution is 5.94. The second kappa shape index (κ2) is 9.13. The third-order valence-electron chi connectivity index (χ3n) is 3.83. The number of amides is 1. The molecule has 5 nitrogen and oxygen atoms in total. The summed E-state index contributed by atoms with van der Waals surface area (Å²) < 4.78 is 11.1. The van der Waals surface area contributed by atoms with Crippen molar-refractivity contribution in [2.75, 3.05) is 27.2 Å². The summed E-state index contributed by atoms with van der Waals surface area (Å²) in [5.74, 6) is 1.52. The largest absolute Gasteiger partial charge is 0.494 e. The van der Waals surface area contributed by atoms with Crippen molar-refractivity contribution in [1.82, 2.24) is 10.2 Å². The van der Waals surface area contributed by atoms with E-state index in [0.29, 0.717) is 18.7 Å². The summed E-state index contributed by atoms with van der Waals surface area (Å²) in [5, 5.41) is 2.96. The van der Waals surface area contributed by atoms with Gasteiger partial charge in [0.15, 0.2) is 0 Å². The SMILES string of the molecule is CCCCOc1ccc(C(=O)NCC(c2ccco2)N(C)C)cc1. The first kappa shape index (κ1) is 18.1. The van der Waals surface area contributed by atoms with Gasteiger partial charge in [0.05, 0.1) is 18.9 Å². The van der Waals surface area contributed by atoms with Crippen molar-refractivity contribution >= 4 is 5.91 Å². The number of nitrogens with one attached hydrogen (secondary N) is 1. The standard InChI is InChI=1S/C19H26N2O3/c1-4-5-12-23-16-10-8-15(9-11-16)19(22)20-14-17(21(2)3)18-7-6-13-24-18/h6-11,13,17H,4-5,12,14H2,1-3H3,(H,20,22). The zero-order chi connectivity index (χ0) is 17.4. The van der Waals surface area contributed by atoms with Crippen molar-refractivity contribution in [2.24, 2.45) is 0 Å². The molecule has 2 rings (SSSR count). The van der Waals surface area contributed by atoms with Crippen LogP contribution in [0.2, 0.25) is 0 Å². The van der Waals surface area contributed by atoms with E-state index < -0.39 is 0 Å². The van der Waals surface area contributed by atoms with Crippen LogP contribution in [0.15, 0.2) is 47.1 Å². The van der Waals surface area contributed by atoms with Crippen LogP contribution in [0, 0.1) is 0 Å². The van der Waals surface area contributed by atoms with Gasteiger partial charge in [0.1, 0.15) is 11.5 Å². The first-order valence-electron chi connectivity index (χ1n) is 8.32. The lowest BCUT2D eigenvalue weighted by molar-refractivity contribution is 0.0939. The van der Waals surface area contributed by atoms with Crippen LogP contribution in [0.5, 0.6) is 5.75 Å². The topological polar surface area (TPSA) is 54.7 Å². The van der Waals surface area contributed by atoms with Gasteiger partial charge in [-0.1, -0.05) is 13.3 Å². The van der Waals surface area contributed by atoms with E-state index >= 15 is 0 Å². The van der Waals surface area contributed by atoms with Gasteiger partial charge in [-0.15, -0.1) is 0 Å². The monoisotopic (exact) mass is 330 g/mol. The maximum atomic E-state index is 12.3. The van der Waals surface area contributed by atoms with Gasteiger partial charge in [-0.2, -0.15) is 0 Å². The summed E-state index contributed by atoms with van der Waals surface area (Å²) in [5.41, 5.74) is 0.620. The van der Waals surface area contributed by atoms with Gasteiger partial charge >= 0.3 is 0 Å². The molecule has 130 valence electrons. The minimum atomic E-state index is -0.103. The fourth-order valence-corrected chi connectivity index (χ4v) is 2.35. The molecule has 1 amide bonds. The summed E-state index contributed by atoms with van der Waals surface area (Å²) in [4.78, 5) is 14.3. The molecule has 0 aliphatic heterocycles. The van der Waals surface area contributed by atoms with Gasteiger partial charge in [-0.05, 0) is 56.9 Å². The van der Waals surface area contributed by atoms with Crippen molar-refractivity contribution in [3.05, 3.63) is 54.0 Å². The Balaban J connectivity index is 1.89. The summed E-state index contributed by atoms with van der Waals surface area (Å²) in [6, 6.07) is 11.0. The van der Waals surface area contributed by atoms with E-state index in [1.807, 2.05) is 43.3 Å². The maximum absolute atomic E-state index is 12.3. The molecule has 0 bridgehead atoms. The molecule has 1 aromatic heterocycles. The number of unbranched alkanes of at least 4 members (excludes halogenated alkanes) is 1. The van der Waals surface area contributed by atoms with Crippen molar-refractivity contribution in [3.8, 4) is 5.75 Å². The van der Waals surface area contributed by atoms with Crippen LogP contribution in [-0.2, 0) is 0 Å². The molecule has 1 N–H and O–H groups in total. The van der Waals surface area contributed by atoms with Crippen LogP contribution in [0.4, 0.5) is 0 Å². The molecule has 0 saturated heterocycles. The number of hydrogen-bond acceptors (Lipinski definition) is 4. The van der Waals surface area contributed by atoms with E-state index in [2.05, 4.69) is 12.2 Å². The number of nitrogens with zero attached hydrogens (tertiary/aromatic N) is 1. The molecule has 1 unspecified atom stereocenters. The molecular weight excluding hydrogens is 304 g/mol. The number of rotatable bonds is 9. The number of carbonyl (C=O) groups is 1. The molecule has 1 heterocycles. The smallest absolute Gasteiger partial charge is 0.251 e. The number of carbonyl (C=O) groups excluding carboxylic acids is 1. The molecule has 0 fully saturated rings.